The number of thiophene rings is 1. The van der Waals surface area contributed by atoms with Crippen molar-refractivity contribution < 1.29 is 0 Å². The first-order chi connectivity index (χ1) is 9.72. The first-order valence-corrected chi connectivity index (χ1v) is 8.37. The van der Waals surface area contributed by atoms with Gasteiger partial charge in [-0.2, -0.15) is 0 Å². The predicted molar refractivity (Wildman–Crippen MR) is 87.6 cm³/mol. The Morgan fingerprint density at radius 3 is 2.95 bits per heavy atom. The van der Waals surface area contributed by atoms with Crippen LogP contribution in [0, 0.1) is 0 Å². The van der Waals surface area contributed by atoms with Crippen molar-refractivity contribution in [3.05, 3.63) is 59.9 Å². The Morgan fingerprint density at radius 2 is 2.15 bits per heavy atom. The number of nitrogens with zero attached hydrogens (tertiary/aromatic N) is 2. The number of para-hydroxylation sites is 2. The Bertz CT molecular complexity index is 1040. The molecule has 0 saturated heterocycles. The summed E-state index contributed by atoms with van der Waals surface area (Å²) in [4.78, 5) is 18.8. The van der Waals surface area contributed by atoms with E-state index in [9.17, 15) is 4.79 Å². The molecular formula is C14H7BrN2OS2. The first-order valence-electron chi connectivity index (χ1n) is 5.88. The van der Waals surface area contributed by atoms with E-state index >= 15 is 0 Å². The number of aromatic nitrogens is 2. The molecule has 0 unspecified atom stereocenters. The highest BCUT2D eigenvalue weighted by Crippen LogP contribution is 2.20. The summed E-state index contributed by atoms with van der Waals surface area (Å²) in [7, 11) is 0. The van der Waals surface area contributed by atoms with Crippen molar-refractivity contribution in [1.29, 1.82) is 0 Å². The number of thiazole rings is 1. The van der Waals surface area contributed by atoms with E-state index < -0.39 is 0 Å². The zero-order chi connectivity index (χ0) is 13.7. The highest BCUT2D eigenvalue weighted by atomic mass is 79.9. The van der Waals surface area contributed by atoms with Crippen LogP contribution in [0.5, 0.6) is 0 Å². The molecule has 4 rings (SSSR count). The molecule has 0 aliphatic carbocycles. The summed E-state index contributed by atoms with van der Waals surface area (Å²) in [6.07, 6.45) is 1.92. The van der Waals surface area contributed by atoms with E-state index in [2.05, 4.69) is 20.9 Å². The lowest BCUT2D eigenvalue weighted by Crippen LogP contribution is -2.22. The molecule has 0 saturated carbocycles. The third-order valence-electron chi connectivity index (χ3n) is 3.01. The van der Waals surface area contributed by atoms with Crippen LogP contribution in [0.15, 0.2) is 45.0 Å². The summed E-state index contributed by atoms with van der Waals surface area (Å²) in [5.41, 5.74) is 1.74. The second-order valence-corrected chi connectivity index (χ2v) is 7.17. The number of fused-ring (bicyclic) bond motifs is 3. The van der Waals surface area contributed by atoms with Crippen molar-refractivity contribution in [2.24, 2.45) is 0 Å². The number of halogens is 1. The van der Waals surface area contributed by atoms with Gasteiger partial charge in [0.1, 0.15) is 0 Å². The molecule has 1 aromatic carbocycles. The summed E-state index contributed by atoms with van der Waals surface area (Å²) < 4.78 is 3.44. The SMILES string of the molecule is O=c1c(=Cc2cc(Br)cs2)sc2nc3ccccc3n12. The van der Waals surface area contributed by atoms with Gasteiger partial charge in [0, 0.05) is 14.7 Å². The maximum Gasteiger partial charge on any atom is 0.274 e. The topological polar surface area (TPSA) is 34.4 Å². The largest absolute Gasteiger partial charge is 0.274 e. The lowest BCUT2D eigenvalue weighted by atomic mass is 10.3. The summed E-state index contributed by atoms with van der Waals surface area (Å²) in [6.45, 7) is 0. The quantitative estimate of drug-likeness (QED) is 0.520. The minimum Gasteiger partial charge on any atom is -0.267 e. The fourth-order valence-corrected chi connectivity index (χ4v) is 4.57. The van der Waals surface area contributed by atoms with Crippen LogP contribution in [0.3, 0.4) is 0 Å². The first kappa shape index (κ1) is 12.3. The van der Waals surface area contributed by atoms with Crippen molar-refractivity contribution >= 4 is 60.7 Å². The molecule has 0 bridgehead atoms. The third kappa shape index (κ3) is 1.83. The minimum atomic E-state index is 0.00298. The van der Waals surface area contributed by atoms with Crippen LogP contribution in [0.2, 0.25) is 0 Å². The fourth-order valence-electron chi connectivity index (χ4n) is 2.15. The molecule has 0 fully saturated rings. The lowest BCUT2D eigenvalue weighted by molar-refractivity contribution is 1.19. The number of hydrogen-bond acceptors (Lipinski definition) is 4. The van der Waals surface area contributed by atoms with E-state index in [4.69, 9.17) is 0 Å². The zero-order valence-electron chi connectivity index (χ0n) is 10.0. The van der Waals surface area contributed by atoms with Crippen LogP contribution < -0.4 is 10.1 Å². The third-order valence-corrected chi connectivity index (χ3v) is 5.62. The average Bonchev–Trinajstić information content (AvgIpc) is 3.07. The van der Waals surface area contributed by atoms with Gasteiger partial charge in [0.2, 0.25) is 0 Å². The van der Waals surface area contributed by atoms with Gasteiger partial charge in [-0.25, -0.2) is 9.38 Å². The summed E-state index contributed by atoms with van der Waals surface area (Å²) >= 11 is 6.46. The van der Waals surface area contributed by atoms with Crippen molar-refractivity contribution in [2.75, 3.05) is 0 Å². The number of hydrogen-bond donors (Lipinski definition) is 0. The molecule has 3 nitrogen and oxygen atoms in total. The van der Waals surface area contributed by atoms with Gasteiger partial charge in [-0.1, -0.05) is 23.5 Å². The van der Waals surface area contributed by atoms with Gasteiger partial charge in [0.05, 0.1) is 15.6 Å². The molecule has 0 atom stereocenters. The molecule has 0 N–H and O–H groups in total. The molecule has 20 heavy (non-hydrogen) atoms. The van der Waals surface area contributed by atoms with E-state index in [-0.39, 0.29) is 5.56 Å². The van der Waals surface area contributed by atoms with Gasteiger partial charge < -0.3 is 0 Å². The van der Waals surface area contributed by atoms with Crippen LogP contribution in [-0.4, -0.2) is 9.38 Å². The molecule has 0 aliphatic heterocycles. The fraction of sp³-hybridized carbons (Fsp3) is 0. The van der Waals surface area contributed by atoms with Gasteiger partial charge in [-0.3, -0.25) is 4.79 Å². The molecule has 0 radical (unpaired) electrons. The summed E-state index contributed by atoms with van der Waals surface area (Å²) in [5.74, 6) is 0. The average molecular weight is 363 g/mol. The lowest BCUT2D eigenvalue weighted by Gasteiger charge is -1.86. The van der Waals surface area contributed by atoms with E-state index in [1.54, 1.807) is 15.7 Å². The summed E-state index contributed by atoms with van der Waals surface area (Å²) in [6, 6.07) is 9.71. The maximum absolute atomic E-state index is 12.5. The van der Waals surface area contributed by atoms with Crippen LogP contribution in [0.4, 0.5) is 0 Å². The molecule has 3 heterocycles. The van der Waals surface area contributed by atoms with Crippen molar-refractivity contribution in [3.63, 3.8) is 0 Å². The molecule has 6 heteroatoms. The molecule has 0 aliphatic rings. The monoisotopic (exact) mass is 362 g/mol. The summed E-state index contributed by atoms with van der Waals surface area (Å²) in [5, 5.41) is 2.00. The number of rotatable bonds is 1. The van der Waals surface area contributed by atoms with Crippen LogP contribution in [-0.2, 0) is 0 Å². The molecular weight excluding hydrogens is 356 g/mol. The van der Waals surface area contributed by atoms with E-state index in [1.165, 1.54) is 11.3 Å². The molecule has 0 spiro atoms. The highest BCUT2D eigenvalue weighted by molar-refractivity contribution is 9.10. The Hall–Kier alpha value is -1.50. The maximum atomic E-state index is 12.5. The van der Waals surface area contributed by atoms with Crippen LogP contribution in [0.25, 0.3) is 22.1 Å². The van der Waals surface area contributed by atoms with E-state index in [1.807, 2.05) is 41.8 Å². The Labute approximate surface area is 129 Å². The highest BCUT2D eigenvalue weighted by Gasteiger charge is 2.10. The second kappa shape index (κ2) is 4.51. The molecule has 98 valence electrons. The van der Waals surface area contributed by atoms with Crippen molar-refractivity contribution in [2.45, 2.75) is 0 Å². The smallest absolute Gasteiger partial charge is 0.267 e. The molecule has 3 aromatic heterocycles. The normalized spacial score (nSPS) is 12.8. The van der Waals surface area contributed by atoms with Gasteiger partial charge in [-0.15, -0.1) is 11.3 Å². The molecule has 0 amide bonds. The Kier molecular flexibility index (Phi) is 2.76. The second-order valence-electron chi connectivity index (χ2n) is 4.30. The van der Waals surface area contributed by atoms with Crippen LogP contribution in [0.1, 0.15) is 4.88 Å². The van der Waals surface area contributed by atoms with Crippen LogP contribution >= 0.6 is 38.6 Å². The van der Waals surface area contributed by atoms with Gasteiger partial charge >= 0.3 is 0 Å². The van der Waals surface area contributed by atoms with Gasteiger partial charge in [0.15, 0.2) is 4.96 Å². The van der Waals surface area contributed by atoms with E-state index in [0.29, 0.717) is 4.53 Å². The van der Waals surface area contributed by atoms with Gasteiger partial charge in [-0.05, 0) is 40.2 Å². The Balaban J connectivity index is 2.05. The molecule has 4 aromatic rings. The van der Waals surface area contributed by atoms with Crippen molar-refractivity contribution in [3.8, 4) is 0 Å². The van der Waals surface area contributed by atoms with Crippen molar-refractivity contribution in [1.82, 2.24) is 9.38 Å². The Morgan fingerprint density at radius 1 is 1.30 bits per heavy atom. The predicted octanol–water partition coefficient (Wildman–Crippen LogP) is 3.28. The van der Waals surface area contributed by atoms with E-state index in [0.717, 1.165) is 25.3 Å². The standard InChI is InChI=1S/C14H7BrN2OS2/c15-8-5-9(19-7-8)6-12-13(18)17-11-4-2-1-3-10(11)16-14(17)20-12/h1-7H. The number of benzene rings is 1. The number of imidazole rings is 1. The zero-order valence-corrected chi connectivity index (χ0v) is 13.3. The van der Waals surface area contributed by atoms with Gasteiger partial charge in [0.25, 0.3) is 5.56 Å². The minimum absolute atomic E-state index is 0.00298.